The van der Waals surface area contributed by atoms with Crippen LogP contribution in [0.5, 0.6) is 0 Å². The average Bonchev–Trinajstić information content (AvgIpc) is 2.85. The van der Waals surface area contributed by atoms with Crippen molar-refractivity contribution >= 4 is 6.09 Å². The fourth-order valence-electron chi connectivity index (χ4n) is 3.26. The summed E-state index contributed by atoms with van der Waals surface area (Å²) in [6.45, 7) is 12.1. The van der Waals surface area contributed by atoms with Crippen LogP contribution in [0.15, 0.2) is 11.8 Å². The molecule has 1 saturated heterocycles. The molecule has 4 nitrogen and oxygen atoms in total. The molecule has 120 valence electrons. The number of hydrogen-bond acceptors (Lipinski definition) is 3. The summed E-state index contributed by atoms with van der Waals surface area (Å²) in [7, 11) is 0. The fraction of sp³-hybridized carbons (Fsp3) is 0.824. The second kappa shape index (κ2) is 6.29. The number of ether oxygens (including phenoxy) is 1. The van der Waals surface area contributed by atoms with Crippen molar-refractivity contribution in [1.29, 1.82) is 0 Å². The van der Waals surface area contributed by atoms with E-state index < -0.39 is 5.60 Å². The number of carbonyl (C=O) groups excluding carboxylic acids is 1. The summed E-state index contributed by atoms with van der Waals surface area (Å²) in [4.78, 5) is 16.9. The van der Waals surface area contributed by atoms with Crippen molar-refractivity contribution < 1.29 is 9.53 Å². The first kappa shape index (κ1) is 16.2. The zero-order valence-corrected chi connectivity index (χ0v) is 14.2. The molecule has 0 aliphatic carbocycles. The lowest BCUT2D eigenvalue weighted by atomic mass is 9.99. The molecule has 0 radical (unpaired) electrons. The molecule has 0 aromatic rings. The van der Waals surface area contributed by atoms with Crippen LogP contribution in [0.3, 0.4) is 0 Å². The summed E-state index contributed by atoms with van der Waals surface area (Å²) < 4.78 is 5.60. The fourth-order valence-corrected chi connectivity index (χ4v) is 3.26. The minimum Gasteiger partial charge on any atom is -0.444 e. The molecule has 1 atom stereocenters. The zero-order chi connectivity index (χ0) is 15.6. The van der Waals surface area contributed by atoms with E-state index in [4.69, 9.17) is 4.74 Å². The van der Waals surface area contributed by atoms with Crippen LogP contribution < -0.4 is 0 Å². The highest BCUT2D eigenvalue weighted by Gasteiger charge is 2.36. The Morgan fingerprint density at radius 1 is 1.29 bits per heavy atom. The Labute approximate surface area is 129 Å². The highest BCUT2D eigenvalue weighted by atomic mass is 16.6. The third-order valence-electron chi connectivity index (χ3n) is 4.15. The Balaban J connectivity index is 2.14. The maximum absolute atomic E-state index is 12.5. The third-order valence-corrected chi connectivity index (χ3v) is 4.15. The van der Waals surface area contributed by atoms with Gasteiger partial charge in [0.15, 0.2) is 0 Å². The van der Waals surface area contributed by atoms with E-state index in [1.807, 2.05) is 25.7 Å². The van der Waals surface area contributed by atoms with Crippen molar-refractivity contribution in [3.8, 4) is 0 Å². The van der Waals surface area contributed by atoms with Gasteiger partial charge in [-0.05, 0) is 60.3 Å². The molecule has 0 aromatic carbocycles. The molecule has 0 N–H and O–H groups in total. The third kappa shape index (κ3) is 3.92. The Morgan fingerprint density at radius 3 is 2.62 bits per heavy atom. The van der Waals surface area contributed by atoms with Gasteiger partial charge in [-0.1, -0.05) is 6.08 Å². The number of rotatable bonds is 2. The van der Waals surface area contributed by atoms with E-state index in [0.29, 0.717) is 6.04 Å². The lowest BCUT2D eigenvalue weighted by Gasteiger charge is -2.41. The minimum absolute atomic E-state index is 0.163. The normalized spacial score (nSPS) is 23.5. The summed E-state index contributed by atoms with van der Waals surface area (Å²) in [5, 5.41) is 0. The highest BCUT2D eigenvalue weighted by Crippen LogP contribution is 2.31. The summed E-state index contributed by atoms with van der Waals surface area (Å²) in [5.74, 6) is 0. The molecule has 4 heteroatoms. The second-order valence-electron chi connectivity index (χ2n) is 7.39. The topological polar surface area (TPSA) is 32.8 Å². The molecule has 2 heterocycles. The summed E-state index contributed by atoms with van der Waals surface area (Å²) in [5.41, 5.74) is 0.900. The Hall–Kier alpha value is -1.19. The van der Waals surface area contributed by atoms with E-state index in [-0.39, 0.29) is 12.1 Å². The lowest BCUT2D eigenvalue weighted by Crippen LogP contribution is -2.49. The number of piperidine rings is 1. The molecule has 0 spiro atoms. The van der Waals surface area contributed by atoms with Crippen molar-refractivity contribution in [3.05, 3.63) is 11.8 Å². The van der Waals surface area contributed by atoms with E-state index in [1.54, 1.807) is 0 Å². The van der Waals surface area contributed by atoms with Gasteiger partial charge in [-0.25, -0.2) is 4.79 Å². The van der Waals surface area contributed by atoms with E-state index in [0.717, 1.165) is 32.4 Å². The minimum atomic E-state index is -0.430. The van der Waals surface area contributed by atoms with Crippen molar-refractivity contribution in [1.82, 2.24) is 9.80 Å². The van der Waals surface area contributed by atoms with E-state index in [1.165, 1.54) is 12.1 Å². The average molecular weight is 294 g/mol. The molecular weight excluding hydrogens is 264 g/mol. The molecular formula is C17H30N2O2. The van der Waals surface area contributed by atoms with Gasteiger partial charge in [-0.2, -0.15) is 0 Å². The lowest BCUT2D eigenvalue weighted by molar-refractivity contribution is 0.0107. The van der Waals surface area contributed by atoms with Gasteiger partial charge in [-0.3, -0.25) is 4.90 Å². The van der Waals surface area contributed by atoms with Crippen molar-refractivity contribution in [2.75, 3.05) is 13.1 Å². The maximum atomic E-state index is 12.5. The van der Waals surface area contributed by atoms with Crippen LogP contribution in [0.25, 0.3) is 0 Å². The first-order chi connectivity index (χ1) is 9.79. The van der Waals surface area contributed by atoms with Crippen molar-refractivity contribution in [2.45, 2.75) is 78.0 Å². The molecule has 0 aromatic heterocycles. The van der Waals surface area contributed by atoms with Gasteiger partial charge in [0, 0.05) is 24.8 Å². The Morgan fingerprint density at radius 2 is 2.00 bits per heavy atom. The van der Waals surface area contributed by atoms with Crippen LogP contribution in [0.2, 0.25) is 0 Å². The molecule has 1 amide bonds. The van der Waals surface area contributed by atoms with E-state index >= 15 is 0 Å². The van der Waals surface area contributed by atoms with Gasteiger partial charge in [0.05, 0.1) is 6.04 Å². The van der Waals surface area contributed by atoms with Crippen LogP contribution in [-0.4, -0.2) is 46.7 Å². The summed E-state index contributed by atoms with van der Waals surface area (Å²) in [6.07, 6.45) is 6.55. The highest BCUT2D eigenvalue weighted by molar-refractivity contribution is 5.69. The second-order valence-corrected chi connectivity index (χ2v) is 7.39. The Bertz CT molecular complexity index is 410. The predicted molar refractivity (Wildman–Crippen MR) is 85.1 cm³/mol. The number of carbonyl (C=O) groups is 1. The standard InChI is InChI=1S/C17H30N2O2/c1-13(2)18-12-8-10-14(18)15-9-6-7-11-19(15)16(20)21-17(3,4)5/h10,13,15H,6-9,11-12H2,1-5H3. The monoisotopic (exact) mass is 294 g/mol. The van der Waals surface area contributed by atoms with Crippen LogP contribution in [0.1, 0.15) is 60.3 Å². The molecule has 21 heavy (non-hydrogen) atoms. The van der Waals surface area contributed by atoms with Gasteiger partial charge < -0.3 is 9.64 Å². The largest absolute Gasteiger partial charge is 0.444 e. The molecule has 2 aliphatic heterocycles. The number of hydrogen-bond donors (Lipinski definition) is 0. The summed E-state index contributed by atoms with van der Waals surface area (Å²) >= 11 is 0. The smallest absolute Gasteiger partial charge is 0.410 e. The molecule has 1 fully saturated rings. The first-order valence-electron chi connectivity index (χ1n) is 8.26. The molecule has 1 unspecified atom stereocenters. The zero-order valence-electron chi connectivity index (χ0n) is 14.2. The maximum Gasteiger partial charge on any atom is 0.410 e. The SMILES string of the molecule is CC(C)N1CCC=C1C1CCCCN1C(=O)OC(C)(C)C. The Kier molecular flexibility index (Phi) is 4.84. The molecule has 2 rings (SSSR count). The van der Waals surface area contributed by atoms with Gasteiger partial charge >= 0.3 is 6.09 Å². The van der Waals surface area contributed by atoms with Crippen LogP contribution in [-0.2, 0) is 4.74 Å². The number of nitrogens with zero attached hydrogens (tertiary/aromatic N) is 2. The van der Waals surface area contributed by atoms with Crippen LogP contribution >= 0.6 is 0 Å². The molecule has 2 aliphatic rings. The quantitative estimate of drug-likeness (QED) is 0.777. The van der Waals surface area contributed by atoms with Gasteiger partial charge in [0.1, 0.15) is 5.60 Å². The van der Waals surface area contributed by atoms with E-state index in [2.05, 4.69) is 24.8 Å². The van der Waals surface area contributed by atoms with Crippen molar-refractivity contribution in [2.24, 2.45) is 0 Å². The van der Waals surface area contributed by atoms with Gasteiger partial charge in [0.2, 0.25) is 0 Å². The number of likely N-dealkylation sites (tertiary alicyclic amines) is 1. The summed E-state index contributed by atoms with van der Waals surface area (Å²) in [6, 6.07) is 0.680. The molecule has 0 bridgehead atoms. The van der Waals surface area contributed by atoms with Crippen LogP contribution in [0.4, 0.5) is 4.79 Å². The van der Waals surface area contributed by atoms with Crippen molar-refractivity contribution in [3.63, 3.8) is 0 Å². The predicted octanol–water partition coefficient (Wildman–Crippen LogP) is 3.77. The van der Waals surface area contributed by atoms with Crippen LogP contribution in [0, 0.1) is 0 Å². The van der Waals surface area contributed by atoms with E-state index in [9.17, 15) is 4.79 Å². The number of amides is 1. The van der Waals surface area contributed by atoms with Gasteiger partial charge in [-0.15, -0.1) is 0 Å². The molecule has 0 saturated carbocycles. The first-order valence-corrected chi connectivity index (χ1v) is 8.26. The van der Waals surface area contributed by atoms with Gasteiger partial charge in [0.25, 0.3) is 0 Å².